The topological polar surface area (TPSA) is 68.1 Å². The molecular formula is C12H15NO4. The zero-order valence-corrected chi connectivity index (χ0v) is 9.41. The molecule has 0 saturated carbocycles. The van der Waals surface area contributed by atoms with E-state index in [-0.39, 0.29) is 5.78 Å². The lowest BCUT2D eigenvalue weighted by Crippen LogP contribution is -2.05. The maximum atomic E-state index is 10.9. The molecule has 92 valence electrons. The number of hydrogen-bond donors (Lipinski definition) is 1. The van der Waals surface area contributed by atoms with E-state index >= 15 is 0 Å². The van der Waals surface area contributed by atoms with Crippen molar-refractivity contribution in [2.75, 3.05) is 13.2 Å². The fraction of sp³-hybridized carbons (Fsp3) is 0.333. The van der Waals surface area contributed by atoms with Crippen LogP contribution in [0.15, 0.2) is 35.5 Å². The third-order valence-corrected chi connectivity index (χ3v) is 2.02. The van der Waals surface area contributed by atoms with Crippen molar-refractivity contribution < 1.29 is 19.8 Å². The van der Waals surface area contributed by atoms with Crippen LogP contribution >= 0.6 is 0 Å². The lowest BCUT2D eigenvalue weighted by Gasteiger charge is -2.07. The van der Waals surface area contributed by atoms with Crippen LogP contribution in [0.1, 0.15) is 23.2 Å². The van der Waals surface area contributed by atoms with Gasteiger partial charge in [0.05, 0.1) is 13.2 Å². The fourth-order valence-corrected chi connectivity index (χ4v) is 1.17. The second-order valence-electron chi connectivity index (χ2n) is 3.33. The van der Waals surface area contributed by atoms with E-state index in [1.54, 1.807) is 24.3 Å². The third-order valence-electron chi connectivity index (χ3n) is 2.02. The molecule has 0 aliphatic carbocycles. The number of carbonyl (C=O) groups is 1. The molecule has 0 spiro atoms. The fourth-order valence-electron chi connectivity index (χ4n) is 1.17. The van der Waals surface area contributed by atoms with Crippen LogP contribution in [0, 0.1) is 0 Å². The van der Waals surface area contributed by atoms with E-state index in [9.17, 15) is 4.79 Å². The molecule has 1 N–H and O–H groups in total. The first-order valence-corrected chi connectivity index (χ1v) is 5.36. The van der Waals surface area contributed by atoms with Crippen molar-refractivity contribution in [1.29, 1.82) is 0 Å². The van der Waals surface area contributed by atoms with Crippen molar-refractivity contribution >= 4 is 12.0 Å². The number of ketones is 1. The van der Waals surface area contributed by atoms with Gasteiger partial charge in [0.15, 0.2) is 0 Å². The maximum Gasteiger partial charge on any atom is 0.207 e. The number of hydrogen-bond acceptors (Lipinski definition) is 5. The lowest BCUT2D eigenvalue weighted by molar-refractivity contribution is -0.312. The average molecular weight is 237 g/mol. The molecule has 1 aliphatic rings. The summed E-state index contributed by atoms with van der Waals surface area (Å²) < 4.78 is 0. The Morgan fingerprint density at radius 1 is 1.18 bits per heavy atom. The highest BCUT2D eigenvalue weighted by molar-refractivity contribution is 6.35. The first-order chi connectivity index (χ1) is 8.34. The number of rotatable bonds is 2. The second kappa shape index (κ2) is 8.43. The summed E-state index contributed by atoms with van der Waals surface area (Å²) in [7, 11) is 0. The van der Waals surface area contributed by atoms with Gasteiger partial charge >= 0.3 is 0 Å². The molecule has 1 heterocycles. The van der Waals surface area contributed by atoms with E-state index in [4.69, 9.17) is 5.21 Å². The molecule has 1 fully saturated rings. The first-order valence-electron chi connectivity index (χ1n) is 5.36. The standard InChI is InChI=1S/C8H7NO2.C4H8O2/c10-8(6-9-11)7-4-2-1-3-5-7;1-2-4-6-5-3-1/h1-6,11H;1-4H2. The van der Waals surface area contributed by atoms with Crippen molar-refractivity contribution in [3.05, 3.63) is 35.9 Å². The molecule has 0 aromatic heterocycles. The molecule has 1 aromatic rings. The zero-order chi connectivity index (χ0) is 12.3. The number of benzene rings is 1. The van der Waals surface area contributed by atoms with Crippen molar-refractivity contribution in [2.45, 2.75) is 12.8 Å². The summed E-state index contributed by atoms with van der Waals surface area (Å²) in [5.41, 5.74) is 0.519. The maximum absolute atomic E-state index is 10.9. The minimum absolute atomic E-state index is 0.298. The summed E-state index contributed by atoms with van der Waals surface area (Å²) in [4.78, 5) is 20.1. The quantitative estimate of drug-likeness (QED) is 0.281. The summed E-state index contributed by atoms with van der Waals surface area (Å²) in [6, 6.07) is 8.62. The minimum atomic E-state index is -0.298. The average Bonchev–Trinajstić information content (AvgIpc) is 2.43. The molecule has 0 radical (unpaired) electrons. The second-order valence-corrected chi connectivity index (χ2v) is 3.33. The van der Waals surface area contributed by atoms with E-state index in [1.165, 1.54) is 0 Å². The van der Waals surface area contributed by atoms with Gasteiger partial charge in [0, 0.05) is 5.56 Å². The van der Waals surface area contributed by atoms with Gasteiger partial charge in [0.1, 0.15) is 6.21 Å². The van der Waals surface area contributed by atoms with Crippen LogP contribution in [0.25, 0.3) is 0 Å². The Bertz CT molecular complexity index is 335. The largest absolute Gasteiger partial charge is 0.411 e. The summed E-state index contributed by atoms with van der Waals surface area (Å²) in [6.45, 7) is 1.56. The van der Waals surface area contributed by atoms with Crippen LogP contribution in [0.3, 0.4) is 0 Å². The highest BCUT2D eigenvalue weighted by Gasteiger charge is 1.99. The minimum Gasteiger partial charge on any atom is -0.411 e. The highest BCUT2D eigenvalue weighted by Crippen LogP contribution is 1.98. The van der Waals surface area contributed by atoms with Gasteiger partial charge in [-0.1, -0.05) is 35.5 Å². The Hall–Kier alpha value is -1.72. The van der Waals surface area contributed by atoms with Gasteiger partial charge in [0.2, 0.25) is 5.78 Å². The van der Waals surface area contributed by atoms with Gasteiger partial charge in [-0.3, -0.25) is 4.79 Å². The Labute approximate surface area is 99.6 Å². The molecule has 0 unspecified atom stereocenters. The molecule has 5 nitrogen and oxygen atoms in total. The molecule has 1 aliphatic heterocycles. The summed E-state index contributed by atoms with van der Waals surface area (Å²) >= 11 is 0. The summed E-state index contributed by atoms with van der Waals surface area (Å²) in [5.74, 6) is -0.298. The Morgan fingerprint density at radius 3 is 2.18 bits per heavy atom. The van der Waals surface area contributed by atoms with Gasteiger partial charge in [-0.05, 0) is 12.8 Å². The van der Waals surface area contributed by atoms with Crippen molar-refractivity contribution in [1.82, 2.24) is 0 Å². The molecule has 17 heavy (non-hydrogen) atoms. The van der Waals surface area contributed by atoms with Crippen LogP contribution in [0.5, 0.6) is 0 Å². The van der Waals surface area contributed by atoms with Gasteiger partial charge in [0.25, 0.3) is 0 Å². The molecule has 5 heteroatoms. The predicted octanol–water partition coefficient (Wildman–Crippen LogP) is 2.06. The van der Waals surface area contributed by atoms with Gasteiger partial charge < -0.3 is 5.21 Å². The van der Waals surface area contributed by atoms with Crippen molar-refractivity contribution in [3.8, 4) is 0 Å². The summed E-state index contributed by atoms with van der Waals surface area (Å²) in [6.07, 6.45) is 3.18. The number of nitrogens with zero attached hydrogens (tertiary/aromatic N) is 1. The van der Waals surface area contributed by atoms with Gasteiger partial charge in [-0.2, -0.15) is 0 Å². The molecule has 0 amide bonds. The molecule has 1 aromatic carbocycles. The third kappa shape index (κ3) is 5.79. The van der Waals surface area contributed by atoms with Crippen LogP contribution in [-0.2, 0) is 9.78 Å². The van der Waals surface area contributed by atoms with E-state index < -0.39 is 0 Å². The Morgan fingerprint density at radius 2 is 1.76 bits per heavy atom. The molecular weight excluding hydrogens is 222 g/mol. The zero-order valence-electron chi connectivity index (χ0n) is 9.41. The van der Waals surface area contributed by atoms with E-state index in [2.05, 4.69) is 14.9 Å². The van der Waals surface area contributed by atoms with Gasteiger partial charge in [-0.25, -0.2) is 9.78 Å². The van der Waals surface area contributed by atoms with Crippen molar-refractivity contribution in [3.63, 3.8) is 0 Å². The van der Waals surface area contributed by atoms with E-state index in [1.807, 2.05) is 6.07 Å². The number of Topliss-reactive ketones (excluding diaryl/α,β-unsaturated/α-hetero) is 1. The SMILES string of the molecule is C1CCOOC1.O=C(C=NO)c1ccccc1. The highest BCUT2D eigenvalue weighted by atomic mass is 17.2. The molecule has 1 saturated heterocycles. The lowest BCUT2D eigenvalue weighted by atomic mass is 10.1. The summed E-state index contributed by atoms with van der Waals surface area (Å²) in [5, 5.41) is 10.7. The molecule has 0 bridgehead atoms. The van der Waals surface area contributed by atoms with Crippen LogP contribution in [-0.4, -0.2) is 30.4 Å². The molecule has 2 rings (SSSR count). The van der Waals surface area contributed by atoms with Crippen LogP contribution < -0.4 is 0 Å². The predicted molar refractivity (Wildman–Crippen MR) is 62.2 cm³/mol. The number of carbonyl (C=O) groups excluding carboxylic acids is 1. The Kier molecular flexibility index (Phi) is 6.62. The number of oxime groups is 1. The van der Waals surface area contributed by atoms with Crippen LogP contribution in [0.2, 0.25) is 0 Å². The molecule has 0 atom stereocenters. The monoisotopic (exact) mass is 237 g/mol. The normalized spacial score (nSPS) is 15.1. The van der Waals surface area contributed by atoms with Crippen molar-refractivity contribution in [2.24, 2.45) is 5.16 Å². The van der Waals surface area contributed by atoms with Crippen LogP contribution in [0.4, 0.5) is 0 Å². The van der Waals surface area contributed by atoms with Gasteiger partial charge in [-0.15, -0.1) is 0 Å². The smallest absolute Gasteiger partial charge is 0.207 e. The Balaban J connectivity index is 0.000000202. The van der Waals surface area contributed by atoms with E-state index in [0.29, 0.717) is 5.56 Å². The first kappa shape index (κ1) is 13.3. The van der Waals surface area contributed by atoms with E-state index in [0.717, 1.165) is 32.3 Å².